The molecule has 98 valence electrons. The second-order valence-corrected chi connectivity index (χ2v) is 3.86. The minimum Gasteiger partial charge on any atom is -0.388 e. The van der Waals surface area contributed by atoms with Gasteiger partial charge in [-0.1, -0.05) is 5.11 Å². The van der Waals surface area contributed by atoms with Crippen LogP contribution in [-0.4, -0.2) is 59.2 Å². The van der Waals surface area contributed by atoms with Gasteiger partial charge in [0.1, 0.15) is 18.3 Å². The van der Waals surface area contributed by atoms with Gasteiger partial charge < -0.3 is 24.8 Å². The lowest BCUT2D eigenvalue weighted by Crippen LogP contribution is -2.57. The molecule has 17 heavy (non-hydrogen) atoms. The van der Waals surface area contributed by atoms with Gasteiger partial charge in [-0.15, -0.1) is 0 Å². The van der Waals surface area contributed by atoms with Gasteiger partial charge in [-0.05, 0) is 18.9 Å². The number of aliphatic hydroxyl groups is 3. The molecule has 0 unspecified atom stereocenters. The zero-order valence-electron chi connectivity index (χ0n) is 9.51. The fourth-order valence-electron chi connectivity index (χ4n) is 1.53. The molecule has 3 N–H and O–H groups in total. The van der Waals surface area contributed by atoms with Crippen LogP contribution < -0.4 is 0 Å². The van der Waals surface area contributed by atoms with E-state index in [4.69, 9.17) is 15.0 Å². The van der Waals surface area contributed by atoms with Gasteiger partial charge in [-0.2, -0.15) is 0 Å². The van der Waals surface area contributed by atoms with Crippen molar-refractivity contribution >= 4 is 0 Å². The first-order chi connectivity index (χ1) is 8.07. The van der Waals surface area contributed by atoms with Crippen LogP contribution in [-0.2, 0) is 9.47 Å². The number of hydrogen-bond acceptors (Lipinski definition) is 6. The molecule has 5 atom stereocenters. The lowest BCUT2D eigenvalue weighted by Gasteiger charge is -2.38. The van der Waals surface area contributed by atoms with E-state index < -0.39 is 30.7 Å². The van der Waals surface area contributed by atoms with Crippen LogP contribution in [0.2, 0.25) is 0 Å². The van der Waals surface area contributed by atoms with Crippen LogP contribution >= 0.6 is 0 Å². The molecule has 0 aliphatic carbocycles. The van der Waals surface area contributed by atoms with Crippen molar-refractivity contribution < 1.29 is 24.8 Å². The molecule has 0 spiro atoms. The normalized spacial score (nSPS) is 37.5. The van der Waals surface area contributed by atoms with E-state index in [9.17, 15) is 15.3 Å². The van der Waals surface area contributed by atoms with Gasteiger partial charge in [-0.3, -0.25) is 0 Å². The average Bonchev–Trinajstić information content (AvgIpc) is 2.32. The van der Waals surface area contributed by atoms with Crippen molar-refractivity contribution in [1.29, 1.82) is 0 Å². The van der Waals surface area contributed by atoms with Crippen LogP contribution in [0, 0.1) is 0 Å². The molecule has 1 fully saturated rings. The predicted molar refractivity (Wildman–Crippen MR) is 56.9 cm³/mol. The first-order valence-electron chi connectivity index (χ1n) is 5.40. The summed E-state index contributed by atoms with van der Waals surface area (Å²) in [7, 11) is 0. The molecule has 0 radical (unpaired) electrons. The molecule has 0 saturated carbocycles. The summed E-state index contributed by atoms with van der Waals surface area (Å²) < 4.78 is 10.4. The molecular weight excluding hydrogens is 230 g/mol. The summed E-state index contributed by atoms with van der Waals surface area (Å²) in [6.07, 6.45) is -4.82. The predicted octanol–water partition coefficient (Wildman–Crippen LogP) is -0.469. The van der Waals surface area contributed by atoms with Gasteiger partial charge in [0, 0.05) is 18.1 Å². The minimum absolute atomic E-state index is 0.232. The molecular formula is C9H17N3O5. The molecule has 0 aromatic rings. The van der Waals surface area contributed by atoms with Crippen LogP contribution in [0.25, 0.3) is 10.4 Å². The second kappa shape index (κ2) is 6.75. The number of rotatable bonds is 5. The van der Waals surface area contributed by atoms with Crippen LogP contribution in [0.4, 0.5) is 0 Å². The van der Waals surface area contributed by atoms with Crippen molar-refractivity contribution in [2.24, 2.45) is 5.11 Å². The van der Waals surface area contributed by atoms with E-state index in [0.717, 1.165) is 0 Å². The Labute approximate surface area is 98.4 Å². The third kappa shape index (κ3) is 3.81. The Morgan fingerprint density at radius 1 is 1.29 bits per heavy atom. The summed E-state index contributed by atoms with van der Waals surface area (Å²) in [5.41, 5.74) is 8.05. The maximum absolute atomic E-state index is 9.59. The molecule has 1 aliphatic rings. The van der Waals surface area contributed by atoms with Crippen molar-refractivity contribution in [3.05, 3.63) is 10.4 Å². The third-order valence-electron chi connectivity index (χ3n) is 2.56. The zero-order valence-corrected chi connectivity index (χ0v) is 9.51. The molecule has 1 aliphatic heterocycles. The van der Waals surface area contributed by atoms with Crippen LogP contribution in [0.5, 0.6) is 0 Å². The molecule has 1 rings (SSSR count). The van der Waals surface area contributed by atoms with E-state index in [1.807, 2.05) is 0 Å². The smallest absolute Gasteiger partial charge is 0.186 e. The van der Waals surface area contributed by atoms with Crippen LogP contribution in [0.15, 0.2) is 5.11 Å². The summed E-state index contributed by atoms with van der Waals surface area (Å²) in [5.74, 6) is 0. The number of ether oxygens (including phenoxy) is 2. The van der Waals surface area contributed by atoms with Gasteiger partial charge in [0.25, 0.3) is 0 Å². The van der Waals surface area contributed by atoms with Crippen molar-refractivity contribution in [1.82, 2.24) is 0 Å². The Balaban J connectivity index is 2.35. The largest absolute Gasteiger partial charge is 0.388 e. The highest BCUT2D eigenvalue weighted by Crippen LogP contribution is 2.21. The summed E-state index contributed by atoms with van der Waals surface area (Å²) in [6.45, 7) is 2.10. The lowest BCUT2D eigenvalue weighted by atomic mass is 10.0. The van der Waals surface area contributed by atoms with Crippen molar-refractivity contribution in [3.8, 4) is 0 Å². The zero-order chi connectivity index (χ0) is 12.8. The average molecular weight is 247 g/mol. The van der Waals surface area contributed by atoms with E-state index in [1.165, 1.54) is 0 Å². The van der Waals surface area contributed by atoms with E-state index in [1.54, 1.807) is 6.92 Å². The number of hydrogen-bond donors (Lipinski definition) is 3. The fourth-order valence-corrected chi connectivity index (χ4v) is 1.53. The molecule has 0 aromatic carbocycles. The Kier molecular flexibility index (Phi) is 5.63. The number of azide groups is 1. The highest BCUT2D eigenvalue weighted by atomic mass is 16.7. The van der Waals surface area contributed by atoms with Crippen LogP contribution in [0.1, 0.15) is 13.3 Å². The quantitative estimate of drug-likeness (QED) is 0.262. The molecule has 0 amide bonds. The first-order valence-corrected chi connectivity index (χ1v) is 5.40. The van der Waals surface area contributed by atoms with Crippen molar-refractivity contribution in [2.75, 3.05) is 13.2 Å². The van der Waals surface area contributed by atoms with E-state index in [2.05, 4.69) is 10.0 Å². The SMILES string of the molecule is C[C@@H]1O[C@H](OCCCN=[N+]=[N-])[C@@H](O)[C@H](O)[C@@H]1O. The topological polar surface area (TPSA) is 128 Å². The summed E-state index contributed by atoms with van der Waals surface area (Å²) in [6, 6.07) is 0. The van der Waals surface area contributed by atoms with Gasteiger partial charge in [-0.25, -0.2) is 0 Å². The van der Waals surface area contributed by atoms with Gasteiger partial charge in [0.15, 0.2) is 6.29 Å². The lowest BCUT2D eigenvalue weighted by molar-refractivity contribution is -0.293. The maximum Gasteiger partial charge on any atom is 0.186 e. The Hall–Kier alpha value is -0.890. The molecule has 1 heterocycles. The summed E-state index contributed by atoms with van der Waals surface area (Å²) in [4.78, 5) is 2.58. The summed E-state index contributed by atoms with van der Waals surface area (Å²) in [5, 5.41) is 31.8. The maximum atomic E-state index is 9.59. The molecule has 1 saturated heterocycles. The Morgan fingerprint density at radius 2 is 2.00 bits per heavy atom. The van der Waals surface area contributed by atoms with E-state index in [-0.39, 0.29) is 6.61 Å². The van der Waals surface area contributed by atoms with E-state index in [0.29, 0.717) is 13.0 Å². The van der Waals surface area contributed by atoms with E-state index >= 15 is 0 Å². The Bertz CT molecular complexity index is 284. The molecule has 8 heteroatoms. The highest BCUT2D eigenvalue weighted by molar-refractivity contribution is 4.87. The second-order valence-electron chi connectivity index (χ2n) is 3.86. The molecule has 0 bridgehead atoms. The standard InChI is InChI=1S/C9H17N3O5/c1-5-6(13)7(14)8(15)9(17-5)16-4-2-3-11-12-10/h5-9,13-15H,2-4H2,1H3/t5-,6+,7+,8-,9-/m0/s1. The minimum atomic E-state index is -1.29. The highest BCUT2D eigenvalue weighted by Gasteiger charge is 2.42. The molecule has 8 nitrogen and oxygen atoms in total. The fraction of sp³-hybridized carbons (Fsp3) is 1.00. The van der Waals surface area contributed by atoms with Crippen molar-refractivity contribution in [3.63, 3.8) is 0 Å². The number of aliphatic hydroxyl groups excluding tert-OH is 3. The first kappa shape index (κ1) is 14.2. The van der Waals surface area contributed by atoms with Crippen LogP contribution in [0.3, 0.4) is 0 Å². The van der Waals surface area contributed by atoms with Crippen molar-refractivity contribution in [2.45, 2.75) is 44.1 Å². The van der Waals surface area contributed by atoms with Gasteiger partial charge >= 0.3 is 0 Å². The third-order valence-corrected chi connectivity index (χ3v) is 2.56. The molecule has 0 aromatic heterocycles. The van der Waals surface area contributed by atoms with Gasteiger partial charge in [0.2, 0.25) is 0 Å². The van der Waals surface area contributed by atoms with Gasteiger partial charge in [0.05, 0.1) is 6.10 Å². The summed E-state index contributed by atoms with van der Waals surface area (Å²) >= 11 is 0. The number of nitrogens with zero attached hydrogens (tertiary/aromatic N) is 3. The monoisotopic (exact) mass is 247 g/mol. The Morgan fingerprint density at radius 3 is 2.65 bits per heavy atom.